The highest BCUT2D eigenvalue weighted by atomic mass is 32.2. The Balaban J connectivity index is 2.40. The first-order chi connectivity index (χ1) is 12.9. The van der Waals surface area contributed by atoms with Crippen LogP contribution in [0.1, 0.15) is 13.8 Å². The second-order valence-electron chi connectivity index (χ2n) is 5.99. The van der Waals surface area contributed by atoms with Gasteiger partial charge in [0, 0.05) is 32.7 Å². The summed E-state index contributed by atoms with van der Waals surface area (Å²) in [5.41, 5.74) is 1.56. The fraction of sp³-hybridized carbons (Fsp3) is 0.500. The van der Waals surface area contributed by atoms with Gasteiger partial charge in [0.2, 0.25) is 10.0 Å². The Morgan fingerprint density at radius 2 is 2.00 bits per heavy atom. The highest BCUT2D eigenvalue weighted by Crippen LogP contribution is 2.30. The van der Waals surface area contributed by atoms with Crippen molar-refractivity contribution in [2.24, 2.45) is 0 Å². The van der Waals surface area contributed by atoms with E-state index in [0.29, 0.717) is 43.6 Å². The van der Waals surface area contributed by atoms with Crippen LogP contribution in [0.2, 0.25) is 0 Å². The molecule has 1 aromatic carbocycles. The molecule has 2 N–H and O–H groups in total. The van der Waals surface area contributed by atoms with Crippen LogP contribution in [0.4, 0.5) is 11.4 Å². The molecule has 7 nitrogen and oxygen atoms in total. The van der Waals surface area contributed by atoms with E-state index in [4.69, 9.17) is 17.0 Å². The van der Waals surface area contributed by atoms with Crippen LogP contribution in [0.5, 0.6) is 0 Å². The molecule has 0 unspecified atom stereocenters. The quantitative estimate of drug-likeness (QED) is 0.500. The van der Waals surface area contributed by atoms with Crippen molar-refractivity contribution in [2.75, 3.05) is 56.2 Å². The van der Waals surface area contributed by atoms with Crippen molar-refractivity contribution < 1.29 is 13.2 Å². The van der Waals surface area contributed by atoms with Gasteiger partial charge in [0.05, 0.1) is 29.5 Å². The number of nitrogens with zero attached hydrogens (tertiary/aromatic N) is 2. The molecule has 1 fully saturated rings. The lowest BCUT2D eigenvalue weighted by molar-refractivity contribution is 0.123. The summed E-state index contributed by atoms with van der Waals surface area (Å²) >= 11 is 5.32. The lowest BCUT2D eigenvalue weighted by atomic mass is 10.2. The van der Waals surface area contributed by atoms with Crippen LogP contribution in [0.25, 0.3) is 0 Å². The van der Waals surface area contributed by atoms with Crippen molar-refractivity contribution in [2.45, 2.75) is 18.7 Å². The van der Waals surface area contributed by atoms with Crippen LogP contribution in [-0.2, 0) is 14.8 Å². The molecule has 0 atom stereocenters. The lowest BCUT2D eigenvalue weighted by Crippen LogP contribution is -2.37. The number of sulfonamides is 1. The molecule has 1 aliphatic rings. The highest BCUT2D eigenvalue weighted by molar-refractivity contribution is 7.89. The third kappa shape index (κ3) is 5.41. The minimum absolute atomic E-state index is 0.247. The molecule has 0 radical (unpaired) electrons. The molecule has 0 aliphatic carbocycles. The summed E-state index contributed by atoms with van der Waals surface area (Å²) in [4.78, 5) is 2.41. The molecule has 0 spiro atoms. The number of nitrogens with one attached hydrogen (secondary N) is 2. The Hall–Kier alpha value is -1.68. The number of rotatable bonds is 8. The monoisotopic (exact) mass is 412 g/mol. The summed E-state index contributed by atoms with van der Waals surface area (Å²) in [5, 5.41) is 6.57. The summed E-state index contributed by atoms with van der Waals surface area (Å²) in [5.74, 6) is 0. The molecule has 0 bridgehead atoms. The Labute approximate surface area is 167 Å². The molecule has 0 aromatic heterocycles. The van der Waals surface area contributed by atoms with E-state index < -0.39 is 10.0 Å². The molecular formula is C18H28N4O3S2. The zero-order valence-electron chi connectivity index (χ0n) is 15.9. The van der Waals surface area contributed by atoms with Gasteiger partial charge in [-0.3, -0.25) is 0 Å². The second-order valence-corrected chi connectivity index (χ2v) is 8.34. The number of anilines is 2. The molecule has 1 aromatic rings. The van der Waals surface area contributed by atoms with E-state index in [2.05, 4.69) is 22.1 Å². The summed E-state index contributed by atoms with van der Waals surface area (Å²) in [6.45, 7) is 11.4. The average molecular weight is 413 g/mol. The largest absolute Gasteiger partial charge is 0.378 e. The third-order valence-electron chi connectivity index (χ3n) is 4.32. The van der Waals surface area contributed by atoms with Crippen molar-refractivity contribution in [3.8, 4) is 0 Å². The SMILES string of the molecule is C=CCNC(=S)Nc1cc(S(=O)(=O)N(CC)CC)ccc1N1CCOCC1. The van der Waals surface area contributed by atoms with Gasteiger partial charge < -0.3 is 20.3 Å². The number of morpholine rings is 1. The molecule has 0 saturated carbocycles. The number of benzene rings is 1. The summed E-state index contributed by atoms with van der Waals surface area (Å²) in [6.07, 6.45) is 1.71. The van der Waals surface area contributed by atoms with E-state index in [-0.39, 0.29) is 4.90 Å². The van der Waals surface area contributed by atoms with Gasteiger partial charge in [0.1, 0.15) is 0 Å². The van der Waals surface area contributed by atoms with Gasteiger partial charge in [-0.1, -0.05) is 19.9 Å². The van der Waals surface area contributed by atoms with E-state index in [9.17, 15) is 8.42 Å². The van der Waals surface area contributed by atoms with Crippen LogP contribution in [0.3, 0.4) is 0 Å². The van der Waals surface area contributed by atoms with Gasteiger partial charge in [0.25, 0.3) is 0 Å². The first kappa shape index (κ1) is 21.6. The normalized spacial score (nSPS) is 14.9. The average Bonchev–Trinajstić information content (AvgIpc) is 2.67. The summed E-state index contributed by atoms with van der Waals surface area (Å²) < 4.78 is 32.6. The topological polar surface area (TPSA) is 73.9 Å². The van der Waals surface area contributed by atoms with E-state index in [1.54, 1.807) is 18.2 Å². The van der Waals surface area contributed by atoms with E-state index in [1.165, 1.54) is 4.31 Å². The maximum Gasteiger partial charge on any atom is 0.243 e. The van der Waals surface area contributed by atoms with Gasteiger partial charge in [-0.25, -0.2) is 8.42 Å². The van der Waals surface area contributed by atoms with E-state index in [1.807, 2.05) is 19.9 Å². The van der Waals surface area contributed by atoms with E-state index >= 15 is 0 Å². The minimum Gasteiger partial charge on any atom is -0.378 e. The second kappa shape index (κ2) is 10.0. The molecule has 1 saturated heterocycles. The van der Waals surface area contributed by atoms with Crippen molar-refractivity contribution in [3.05, 3.63) is 30.9 Å². The predicted octanol–water partition coefficient (Wildman–Crippen LogP) is 2.03. The van der Waals surface area contributed by atoms with Gasteiger partial charge in [-0.15, -0.1) is 6.58 Å². The van der Waals surface area contributed by atoms with Crippen molar-refractivity contribution in [3.63, 3.8) is 0 Å². The number of hydrogen-bond donors (Lipinski definition) is 2. The first-order valence-corrected chi connectivity index (χ1v) is 10.9. The van der Waals surface area contributed by atoms with E-state index in [0.717, 1.165) is 18.8 Å². The van der Waals surface area contributed by atoms with Crippen LogP contribution >= 0.6 is 12.2 Å². The maximum absolute atomic E-state index is 12.9. The number of ether oxygens (including phenoxy) is 1. The zero-order chi connectivity index (χ0) is 19.9. The van der Waals surface area contributed by atoms with Gasteiger partial charge in [-0.05, 0) is 30.4 Å². The standard InChI is InChI=1S/C18H28N4O3S2/c1-4-9-19-18(26)20-16-14-15(27(23,24)22(5-2)6-3)7-8-17(16)21-10-12-25-13-11-21/h4,7-8,14H,1,5-6,9-13H2,2-3H3,(H2,19,20,26). The van der Waals surface area contributed by atoms with Crippen LogP contribution in [0.15, 0.2) is 35.7 Å². The zero-order valence-corrected chi connectivity index (χ0v) is 17.5. The van der Waals surface area contributed by atoms with Gasteiger partial charge >= 0.3 is 0 Å². The number of hydrogen-bond acceptors (Lipinski definition) is 5. The predicted molar refractivity (Wildman–Crippen MR) is 114 cm³/mol. The van der Waals surface area contributed by atoms with Crippen LogP contribution in [0, 0.1) is 0 Å². The minimum atomic E-state index is -3.55. The Kier molecular flexibility index (Phi) is 8.03. The molecule has 1 heterocycles. The fourth-order valence-electron chi connectivity index (χ4n) is 2.90. The van der Waals surface area contributed by atoms with Crippen molar-refractivity contribution >= 4 is 38.7 Å². The molecule has 27 heavy (non-hydrogen) atoms. The smallest absolute Gasteiger partial charge is 0.243 e. The summed E-state index contributed by atoms with van der Waals surface area (Å²) in [6, 6.07) is 5.14. The van der Waals surface area contributed by atoms with Gasteiger partial charge in [-0.2, -0.15) is 4.31 Å². The Morgan fingerprint density at radius 1 is 1.33 bits per heavy atom. The lowest BCUT2D eigenvalue weighted by Gasteiger charge is -2.31. The molecular weight excluding hydrogens is 384 g/mol. The van der Waals surface area contributed by atoms with Gasteiger partial charge in [0.15, 0.2) is 5.11 Å². The molecule has 150 valence electrons. The summed E-state index contributed by atoms with van der Waals surface area (Å²) in [7, 11) is -3.55. The Morgan fingerprint density at radius 3 is 2.59 bits per heavy atom. The number of thiocarbonyl (C=S) groups is 1. The molecule has 9 heteroatoms. The van der Waals surface area contributed by atoms with Crippen molar-refractivity contribution in [1.29, 1.82) is 0 Å². The molecule has 0 amide bonds. The third-order valence-corrected chi connectivity index (χ3v) is 6.61. The van der Waals surface area contributed by atoms with Crippen molar-refractivity contribution in [1.82, 2.24) is 9.62 Å². The van der Waals surface area contributed by atoms with Crippen LogP contribution in [-0.4, -0.2) is 63.8 Å². The maximum atomic E-state index is 12.9. The van der Waals surface area contributed by atoms with Crippen LogP contribution < -0.4 is 15.5 Å². The fourth-order valence-corrected chi connectivity index (χ4v) is 4.58. The molecule has 1 aliphatic heterocycles. The Bertz CT molecular complexity index is 758. The first-order valence-electron chi connectivity index (χ1n) is 9.06. The highest BCUT2D eigenvalue weighted by Gasteiger charge is 2.24. The molecule has 2 rings (SSSR count).